The van der Waals surface area contributed by atoms with Crippen LogP contribution in [0.1, 0.15) is 22.5 Å². The van der Waals surface area contributed by atoms with E-state index in [2.05, 4.69) is 51.6 Å². The number of aromatic amines is 1. The van der Waals surface area contributed by atoms with Gasteiger partial charge in [-0.2, -0.15) is 5.10 Å². The largest absolute Gasteiger partial charge is 0.382 e. The quantitative estimate of drug-likeness (QED) is 0.639. The second-order valence-corrected chi connectivity index (χ2v) is 7.32. The highest BCUT2D eigenvalue weighted by molar-refractivity contribution is 6.01. The zero-order valence-corrected chi connectivity index (χ0v) is 16.0. The van der Waals surface area contributed by atoms with Crippen molar-refractivity contribution >= 4 is 17.4 Å². The van der Waals surface area contributed by atoms with Crippen molar-refractivity contribution in [1.82, 2.24) is 15.5 Å². The molecule has 1 saturated heterocycles. The van der Waals surface area contributed by atoms with Crippen LogP contribution < -0.4 is 16.0 Å². The van der Waals surface area contributed by atoms with Gasteiger partial charge >= 0.3 is 0 Å². The Morgan fingerprint density at radius 2 is 1.96 bits per heavy atom. The minimum Gasteiger partial charge on any atom is -0.382 e. The second kappa shape index (κ2) is 7.76. The number of H-pyrrole nitrogens is 1. The van der Waals surface area contributed by atoms with Crippen LogP contribution in [0.15, 0.2) is 54.6 Å². The van der Waals surface area contributed by atoms with E-state index in [0.717, 1.165) is 25.1 Å². The number of nitrogens with one attached hydrogen (secondary N) is 2. The molecule has 0 saturated carbocycles. The second-order valence-electron chi connectivity index (χ2n) is 7.32. The summed E-state index contributed by atoms with van der Waals surface area (Å²) in [4.78, 5) is 15.2. The van der Waals surface area contributed by atoms with E-state index < -0.39 is 0 Å². The van der Waals surface area contributed by atoms with E-state index in [0.29, 0.717) is 29.5 Å². The first kappa shape index (κ1) is 18.1. The van der Waals surface area contributed by atoms with E-state index in [1.165, 1.54) is 11.3 Å². The Morgan fingerprint density at radius 3 is 2.75 bits per heavy atom. The number of rotatable bonds is 5. The molecule has 1 unspecified atom stereocenters. The number of aromatic nitrogens is 2. The van der Waals surface area contributed by atoms with Gasteiger partial charge in [-0.15, -0.1) is 0 Å². The molecule has 2 aromatic carbocycles. The molecule has 0 bridgehead atoms. The molecule has 1 fully saturated rings. The summed E-state index contributed by atoms with van der Waals surface area (Å²) in [6, 6.07) is 18.1. The van der Waals surface area contributed by atoms with Gasteiger partial charge in [-0.25, -0.2) is 0 Å². The molecule has 0 radical (unpaired) electrons. The van der Waals surface area contributed by atoms with Gasteiger partial charge in [0.2, 0.25) is 0 Å². The zero-order chi connectivity index (χ0) is 19.5. The Labute approximate surface area is 164 Å². The van der Waals surface area contributed by atoms with Gasteiger partial charge in [-0.3, -0.25) is 9.89 Å². The van der Waals surface area contributed by atoms with Crippen LogP contribution in [-0.2, 0) is 0 Å². The molecule has 1 aliphatic heterocycles. The van der Waals surface area contributed by atoms with Gasteiger partial charge in [0.1, 0.15) is 5.69 Å². The lowest BCUT2D eigenvalue weighted by atomic mass is 10.0. The normalized spacial score (nSPS) is 16.3. The fourth-order valence-electron chi connectivity index (χ4n) is 3.88. The minimum atomic E-state index is -0.169. The lowest BCUT2D eigenvalue weighted by Crippen LogP contribution is -2.31. The number of nitrogens with zero attached hydrogens (tertiary/aromatic N) is 2. The van der Waals surface area contributed by atoms with Crippen LogP contribution in [0.5, 0.6) is 0 Å². The number of nitrogen functional groups attached to an aromatic ring is 1. The maximum Gasteiger partial charge on any atom is 0.270 e. The van der Waals surface area contributed by atoms with Crippen LogP contribution >= 0.6 is 0 Å². The van der Waals surface area contributed by atoms with E-state index in [9.17, 15) is 4.79 Å². The number of aryl methyl sites for hydroxylation is 1. The average molecular weight is 375 g/mol. The van der Waals surface area contributed by atoms with Crippen molar-refractivity contribution in [3.05, 3.63) is 65.9 Å². The molecule has 6 heteroatoms. The number of amides is 1. The first-order valence-corrected chi connectivity index (χ1v) is 9.61. The number of hydrogen-bond acceptors (Lipinski definition) is 4. The monoisotopic (exact) mass is 375 g/mol. The van der Waals surface area contributed by atoms with Crippen molar-refractivity contribution in [2.45, 2.75) is 13.3 Å². The number of nitrogens with two attached hydrogens (primary N) is 1. The highest BCUT2D eigenvalue weighted by Gasteiger charge is 2.25. The molecule has 2 heterocycles. The lowest BCUT2D eigenvalue weighted by molar-refractivity contribution is 0.0944. The van der Waals surface area contributed by atoms with E-state index in [1.54, 1.807) is 0 Å². The standard InChI is InChI=1S/C22H25N5O/c1-15-7-5-6-10-18(15)27-12-11-16(14-27)13-24-22(28)20-19(21(23)26-25-20)17-8-3-2-4-9-17/h2-10,16H,11-14H2,1H3,(H,24,28)(H3,23,25,26). The van der Waals surface area contributed by atoms with E-state index >= 15 is 0 Å². The summed E-state index contributed by atoms with van der Waals surface area (Å²) in [5.74, 6) is 0.587. The van der Waals surface area contributed by atoms with Gasteiger partial charge in [-0.05, 0) is 36.5 Å². The summed E-state index contributed by atoms with van der Waals surface area (Å²) in [6.45, 7) is 4.73. The fraction of sp³-hybridized carbons (Fsp3) is 0.273. The lowest BCUT2D eigenvalue weighted by Gasteiger charge is -2.21. The predicted molar refractivity (Wildman–Crippen MR) is 112 cm³/mol. The van der Waals surface area contributed by atoms with Crippen molar-refractivity contribution in [2.24, 2.45) is 5.92 Å². The van der Waals surface area contributed by atoms with Crippen LogP contribution in [0.3, 0.4) is 0 Å². The summed E-state index contributed by atoms with van der Waals surface area (Å²) in [7, 11) is 0. The Balaban J connectivity index is 1.40. The third-order valence-electron chi connectivity index (χ3n) is 5.38. The summed E-state index contributed by atoms with van der Waals surface area (Å²) in [5, 5.41) is 9.89. The molecule has 144 valence electrons. The Morgan fingerprint density at radius 1 is 1.21 bits per heavy atom. The van der Waals surface area contributed by atoms with Gasteiger partial charge in [0, 0.05) is 25.3 Å². The van der Waals surface area contributed by atoms with Crippen LogP contribution in [0.4, 0.5) is 11.5 Å². The van der Waals surface area contributed by atoms with Crippen molar-refractivity contribution < 1.29 is 4.79 Å². The van der Waals surface area contributed by atoms with Crippen LogP contribution in [0.2, 0.25) is 0 Å². The average Bonchev–Trinajstić information content (AvgIpc) is 3.34. The van der Waals surface area contributed by atoms with Crippen molar-refractivity contribution in [2.75, 3.05) is 30.3 Å². The Bertz CT molecular complexity index is 966. The molecule has 3 aromatic rings. The molecule has 1 atom stereocenters. The van der Waals surface area contributed by atoms with Crippen LogP contribution in [0, 0.1) is 12.8 Å². The maximum atomic E-state index is 12.8. The number of para-hydroxylation sites is 1. The number of benzene rings is 2. The third kappa shape index (κ3) is 3.58. The highest BCUT2D eigenvalue weighted by atomic mass is 16.1. The molecule has 28 heavy (non-hydrogen) atoms. The SMILES string of the molecule is Cc1ccccc1N1CCC(CNC(=O)c2[nH]nc(N)c2-c2ccccc2)C1. The Hall–Kier alpha value is -3.28. The van der Waals surface area contributed by atoms with E-state index in [1.807, 2.05) is 30.3 Å². The summed E-state index contributed by atoms with van der Waals surface area (Å²) >= 11 is 0. The van der Waals surface area contributed by atoms with Crippen LogP contribution in [-0.4, -0.2) is 35.7 Å². The summed E-state index contributed by atoms with van der Waals surface area (Å²) in [5.41, 5.74) is 10.5. The van der Waals surface area contributed by atoms with Crippen LogP contribution in [0.25, 0.3) is 11.1 Å². The summed E-state index contributed by atoms with van der Waals surface area (Å²) < 4.78 is 0. The highest BCUT2D eigenvalue weighted by Crippen LogP contribution is 2.28. The smallest absolute Gasteiger partial charge is 0.270 e. The first-order chi connectivity index (χ1) is 13.6. The van der Waals surface area contributed by atoms with Gasteiger partial charge in [0.05, 0.1) is 5.56 Å². The third-order valence-corrected chi connectivity index (χ3v) is 5.38. The summed E-state index contributed by atoms with van der Waals surface area (Å²) in [6.07, 6.45) is 1.06. The molecule has 0 aliphatic carbocycles. The van der Waals surface area contributed by atoms with Gasteiger partial charge in [-0.1, -0.05) is 48.5 Å². The number of carbonyl (C=O) groups excluding carboxylic acids is 1. The van der Waals surface area contributed by atoms with Gasteiger partial charge in [0.25, 0.3) is 5.91 Å². The molecular weight excluding hydrogens is 350 g/mol. The number of hydrogen-bond donors (Lipinski definition) is 3. The molecule has 1 aromatic heterocycles. The maximum absolute atomic E-state index is 12.8. The fourth-order valence-corrected chi connectivity index (χ4v) is 3.88. The topological polar surface area (TPSA) is 87.0 Å². The number of carbonyl (C=O) groups is 1. The molecular formula is C22H25N5O. The molecule has 4 rings (SSSR count). The number of anilines is 2. The minimum absolute atomic E-state index is 0.169. The van der Waals surface area contributed by atoms with Crippen molar-refractivity contribution in [3.63, 3.8) is 0 Å². The Kier molecular flexibility index (Phi) is 5.02. The van der Waals surface area contributed by atoms with E-state index in [4.69, 9.17) is 5.73 Å². The van der Waals surface area contributed by atoms with Crippen molar-refractivity contribution in [1.29, 1.82) is 0 Å². The molecule has 1 aliphatic rings. The van der Waals surface area contributed by atoms with Gasteiger partial charge < -0.3 is 16.0 Å². The first-order valence-electron chi connectivity index (χ1n) is 9.61. The van der Waals surface area contributed by atoms with Crippen molar-refractivity contribution in [3.8, 4) is 11.1 Å². The van der Waals surface area contributed by atoms with Gasteiger partial charge in [0.15, 0.2) is 5.82 Å². The molecule has 6 nitrogen and oxygen atoms in total. The zero-order valence-electron chi connectivity index (χ0n) is 16.0. The van der Waals surface area contributed by atoms with E-state index in [-0.39, 0.29) is 5.91 Å². The molecule has 4 N–H and O–H groups in total. The predicted octanol–water partition coefficient (Wildman–Crippen LogP) is 3.22. The molecule has 0 spiro atoms. The molecule has 1 amide bonds.